The van der Waals surface area contributed by atoms with Crippen LogP contribution >= 0.6 is 0 Å². The fourth-order valence-corrected chi connectivity index (χ4v) is 4.43. The summed E-state index contributed by atoms with van der Waals surface area (Å²) in [4.78, 5) is 2.41. The number of allylic oxidation sites excluding steroid dienone is 2. The monoisotopic (exact) mass is 370 g/mol. The minimum Gasteiger partial charge on any atom is -0.366 e. The Morgan fingerprint density at radius 2 is 1.96 bits per heavy atom. The number of likely N-dealkylation sites (tertiary alicyclic amines) is 1. The van der Waals surface area contributed by atoms with Crippen molar-refractivity contribution in [3.63, 3.8) is 0 Å². The molecular weight excluding hydrogens is 339 g/mol. The maximum atomic E-state index is 14.5. The van der Waals surface area contributed by atoms with Crippen molar-refractivity contribution in [2.75, 3.05) is 26.7 Å². The topological polar surface area (TPSA) is 24.5 Å². The number of nitrogens with one attached hydrogen (secondary N) is 1. The van der Waals surface area contributed by atoms with Crippen molar-refractivity contribution in [2.45, 2.75) is 38.0 Å². The van der Waals surface area contributed by atoms with Gasteiger partial charge in [-0.2, -0.15) is 0 Å². The van der Waals surface area contributed by atoms with Crippen LogP contribution in [0.15, 0.2) is 54.4 Å². The summed E-state index contributed by atoms with van der Waals surface area (Å²) in [5, 5.41) is 3.75. The van der Waals surface area contributed by atoms with Crippen LogP contribution in [-0.2, 0) is 11.3 Å². The van der Waals surface area contributed by atoms with Gasteiger partial charge in [-0.3, -0.25) is 0 Å². The van der Waals surface area contributed by atoms with Gasteiger partial charge in [-0.15, -0.1) is 0 Å². The lowest BCUT2D eigenvalue weighted by Crippen LogP contribution is -2.36. The highest BCUT2D eigenvalue weighted by atomic mass is 19.1. The Morgan fingerprint density at radius 1 is 1.19 bits per heavy atom. The van der Waals surface area contributed by atoms with Crippen LogP contribution in [0.25, 0.3) is 0 Å². The van der Waals surface area contributed by atoms with E-state index in [0.717, 1.165) is 24.4 Å². The first kappa shape index (κ1) is 18.9. The summed E-state index contributed by atoms with van der Waals surface area (Å²) >= 11 is 0. The molecule has 1 aliphatic heterocycles. The lowest BCUT2D eigenvalue weighted by molar-refractivity contribution is 0.0164. The molecule has 0 spiro atoms. The fraction of sp³-hybridized carbons (Fsp3) is 0.565. The van der Waals surface area contributed by atoms with E-state index in [9.17, 15) is 4.39 Å². The summed E-state index contributed by atoms with van der Waals surface area (Å²) in [6.45, 7) is 3.96. The Bertz CT molecular complexity index is 666. The maximum Gasteiger partial charge on any atom is 0.129 e. The molecule has 0 radical (unpaired) electrons. The van der Waals surface area contributed by atoms with Gasteiger partial charge in [0.15, 0.2) is 0 Å². The van der Waals surface area contributed by atoms with Crippen LogP contribution in [0.4, 0.5) is 4.39 Å². The average Bonchev–Trinajstić information content (AvgIpc) is 3.47. The van der Waals surface area contributed by atoms with Crippen molar-refractivity contribution < 1.29 is 9.13 Å². The zero-order valence-corrected chi connectivity index (χ0v) is 16.2. The molecular formula is C23H31FN2O. The predicted octanol–water partition coefficient (Wildman–Crippen LogP) is 3.93. The van der Waals surface area contributed by atoms with Gasteiger partial charge in [0.25, 0.3) is 0 Å². The molecule has 146 valence electrons. The minimum absolute atomic E-state index is 0.133. The molecule has 27 heavy (non-hydrogen) atoms. The van der Waals surface area contributed by atoms with E-state index in [0.29, 0.717) is 18.6 Å². The molecule has 2 aliphatic carbocycles. The van der Waals surface area contributed by atoms with Crippen LogP contribution in [0.5, 0.6) is 0 Å². The number of hydrogen-bond acceptors (Lipinski definition) is 3. The molecule has 4 atom stereocenters. The molecule has 1 saturated carbocycles. The number of rotatable bonds is 7. The summed E-state index contributed by atoms with van der Waals surface area (Å²) in [5.41, 5.74) is 1.09. The first-order valence-corrected chi connectivity index (χ1v) is 10.3. The first-order chi connectivity index (χ1) is 13.2. The molecule has 1 heterocycles. The third kappa shape index (κ3) is 4.87. The molecule has 2 fully saturated rings. The van der Waals surface area contributed by atoms with Gasteiger partial charge in [0.05, 0.1) is 6.61 Å². The quantitative estimate of drug-likeness (QED) is 0.787. The number of nitrogens with zero attached hydrogens (tertiary/aromatic N) is 1. The van der Waals surface area contributed by atoms with Crippen LogP contribution in [0, 0.1) is 17.8 Å². The lowest BCUT2D eigenvalue weighted by Gasteiger charge is -2.29. The molecule has 1 aromatic rings. The van der Waals surface area contributed by atoms with Crippen molar-refractivity contribution in [3.05, 3.63) is 60.0 Å². The van der Waals surface area contributed by atoms with Crippen LogP contribution < -0.4 is 5.32 Å². The van der Waals surface area contributed by atoms with E-state index in [1.54, 1.807) is 6.08 Å². The number of hydrogen-bond donors (Lipinski definition) is 1. The number of benzene rings is 1. The summed E-state index contributed by atoms with van der Waals surface area (Å²) < 4.78 is 20.5. The lowest BCUT2D eigenvalue weighted by atomic mass is 9.91. The molecule has 2 unspecified atom stereocenters. The van der Waals surface area contributed by atoms with Crippen LogP contribution in [0.1, 0.15) is 24.8 Å². The van der Waals surface area contributed by atoms with Crippen molar-refractivity contribution >= 4 is 0 Å². The van der Waals surface area contributed by atoms with Gasteiger partial charge in [-0.05, 0) is 69.4 Å². The van der Waals surface area contributed by atoms with E-state index in [2.05, 4.69) is 23.3 Å². The Balaban J connectivity index is 1.28. The van der Waals surface area contributed by atoms with Crippen molar-refractivity contribution in [1.82, 2.24) is 10.2 Å². The van der Waals surface area contributed by atoms with Crippen LogP contribution in [0.2, 0.25) is 0 Å². The molecule has 0 bridgehead atoms. The zero-order valence-electron chi connectivity index (χ0n) is 16.2. The second kappa shape index (κ2) is 8.68. The van der Waals surface area contributed by atoms with E-state index in [1.165, 1.54) is 25.9 Å². The van der Waals surface area contributed by atoms with E-state index >= 15 is 0 Å². The Labute approximate surface area is 162 Å². The van der Waals surface area contributed by atoms with E-state index in [1.807, 2.05) is 36.4 Å². The average molecular weight is 371 g/mol. The van der Waals surface area contributed by atoms with Gasteiger partial charge < -0.3 is 15.0 Å². The number of ether oxygens (including phenoxy) is 1. The number of piperidine rings is 1. The Kier molecular flexibility index (Phi) is 6.06. The van der Waals surface area contributed by atoms with Crippen molar-refractivity contribution in [2.24, 2.45) is 17.8 Å². The smallest absolute Gasteiger partial charge is 0.129 e. The summed E-state index contributed by atoms with van der Waals surface area (Å²) in [5.74, 6) is 1.26. The van der Waals surface area contributed by atoms with Crippen molar-refractivity contribution in [3.8, 4) is 0 Å². The molecule has 1 saturated heterocycles. The maximum absolute atomic E-state index is 14.5. The molecule has 0 amide bonds. The molecule has 0 aromatic heterocycles. The van der Waals surface area contributed by atoms with E-state index in [4.69, 9.17) is 4.74 Å². The summed E-state index contributed by atoms with van der Waals surface area (Å²) in [7, 11) is 2.20. The van der Waals surface area contributed by atoms with Gasteiger partial charge >= 0.3 is 0 Å². The van der Waals surface area contributed by atoms with Gasteiger partial charge in [0, 0.05) is 12.0 Å². The molecule has 4 rings (SSSR count). The molecule has 3 nitrogen and oxygen atoms in total. The van der Waals surface area contributed by atoms with Gasteiger partial charge in [-0.1, -0.05) is 42.5 Å². The minimum atomic E-state index is -0.449. The molecule has 3 aliphatic rings. The first-order valence-electron chi connectivity index (χ1n) is 10.3. The van der Waals surface area contributed by atoms with Crippen molar-refractivity contribution in [1.29, 1.82) is 0 Å². The second-order valence-electron chi connectivity index (χ2n) is 8.39. The van der Waals surface area contributed by atoms with Gasteiger partial charge in [0.1, 0.15) is 11.9 Å². The summed E-state index contributed by atoms with van der Waals surface area (Å²) in [6.07, 6.45) is 8.79. The fourth-order valence-electron chi connectivity index (χ4n) is 4.43. The highest BCUT2D eigenvalue weighted by Gasteiger charge is 2.46. The van der Waals surface area contributed by atoms with E-state index < -0.39 is 6.10 Å². The zero-order chi connectivity index (χ0) is 18.6. The van der Waals surface area contributed by atoms with Gasteiger partial charge in [-0.25, -0.2) is 4.39 Å². The second-order valence-corrected chi connectivity index (χ2v) is 8.39. The normalized spacial score (nSPS) is 31.7. The molecule has 4 heteroatoms. The van der Waals surface area contributed by atoms with Crippen LogP contribution in [-0.4, -0.2) is 43.7 Å². The Morgan fingerprint density at radius 3 is 2.74 bits per heavy atom. The molecule has 1 aromatic carbocycles. The SMILES string of the molecule is CN1CCC(CN[C@H]2C[C@@H]2C2C=CC=C(F)C2OCc2ccccc2)CC1. The third-order valence-electron chi connectivity index (χ3n) is 6.32. The van der Waals surface area contributed by atoms with E-state index in [-0.39, 0.29) is 11.7 Å². The largest absolute Gasteiger partial charge is 0.366 e. The van der Waals surface area contributed by atoms with Gasteiger partial charge in [0.2, 0.25) is 0 Å². The standard InChI is InChI=1S/C23H31FN2O/c1-26-12-10-17(11-13-26)15-25-22-14-20(22)19-8-5-9-21(24)23(19)27-16-18-6-3-2-4-7-18/h2-9,17,19-20,22-23,25H,10-16H2,1H3/t19?,20-,22+,23?/m1/s1. The summed E-state index contributed by atoms with van der Waals surface area (Å²) in [6, 6.07) is 10.5. The van der Waals surface area contributed by atoms with Crippen LogP contribution in [0.3, 0.4) is 0 Å². The molecule has 1 N–H and O–H groups in total. The third-order valence-corrected chi connectivity index (χ3v) is 6.32. The Hall–Kier alpha value is -1.49. The highest BCUT2D eigenvalue weighted by molar-refractivity contribution is 5.24. The highest BCUT2D eigenvalue weighted by Crippen LogP contribution is 2.44. The number of halogens is 1. The predicted molar refractivity (Wildman–Crippen MR) is 107 cm³/mol.